The van der Waals surface area contributed by atoms with Gasteiger partial charge in [0.1, 0.15) is 0 Å². The van der Waals surface area contributed by atoms with E-state index in [0.29, 0.717) is 11.3 Å². The summed E-state index contributed by atoms with van der Waals surface area (Å²) in [4.78, 5) is 8.34. The number of fused-ring (bicyclic) bond motifs is 10. The van der Waals surface area contributed by atoms with Crippen LogP contribution in [0.25, 0.3) is 48.3 Å². The Morgan fingerprint density at radius 1 is 0.474 bits per heavy atom. The smallest absolute Gasteiger partial charge is 0.189 e. The molecular weight excluding hydrogens is 693 g/mol. The van der Waals surface area contributed by atoms with E-state index in [-0.39, 0.29) is 5.41 Å². The second-order valence-corrected chi connectivity index (χ2v) is 15.2. The van der Waals surface area contributed by atoms with Gasteiger partial charge in [0.25, 0.3) is 0 Å². The van der Waals surface area contributed by atoms with E-state index in [1.54, 1.807) is 0 Å². The fourth-order valence-electron chi connectivity index (χ4n) is 9.11. The average molecular weight is 729 g/mol. The number of anilines is 6. The molecule has 57 heavy (non-hydrogen) atoms. The van der Waals surface area contributed by atoms with Gasteiger partial charge in [-0.05, 0) is 122 Å². The van der Waals surface area contributed by atoms with Crippen LogP contribution >= 0.6 is 0 Å². The van der Waals surface area contributed by atoms with Crippen LogP contribution in [0.5, 0.6) is 0 Å². The summed E-state index contributed by atoms with van der Waals surface area (Å²) in [5.74, 6) is 0. The van der Waals surface area contributed by atoms with Crippen LogP contribution in [0.15, 0.2) is 182 Å². The number of hydrogen-bond donors (Lipinski definition) is 0. The molecule has 0 atom stereocenters. The van der Waals surface area contributed by atoms with Gasteiger partial charge in [-0.1, -0.05) is 123 Å². The minimum atomic E-state index is -0.367. The number of benzene rings is 9. The van der Waals surface area contributed by atoms with Gasteiger partial charge >= 0.3 is 0 Å². The summed E-state index contributed by atoms with van der Waals surface area (Å²) in [7, 11) is 0. The molecule has 268 valence electrons. The molecule has 0 N–H and O–H groups in total. The van der Waals surface area contributed by atoms with Crippen LogP contribution in [0, 0.1) is 17.9 Å². The van der Waals surface area contributed by atoms with E-state index in [0.717, 1.165) is 39.5 Å². The van der Waals surface area contributed by atoms with Gasteiger partial charge < -0.3 is 9.80 Å². The van der Waals surface area contributed by atoms with Crippen molar-refractivity contribution in [2.24, 2.45) is 0 Å². The summed E-state index contributed by atoms with van der Waals surface area (Å²) in [5.41, 5.74) is 12.0. The Morgan fingerprint density at radius 2 is 1.04 bits per heavy atom. The molecule has 0 heterocycles. The molecule has 0 bridgehead atoms. The minimum Gasteiger partial charge on any atom is -0.311 e. The molecule has 9 aromatic rings. The Labute approximate surface area is 332 Å². The highest BCUT2D eigenvalue weighted by atomic mass is 15.1. The third-order valence-electron chi connectivity index (χ3n) is 11.6. The van der Waals surface area contributed by atoms with E-state index >= 15 is 0 Å². The van der Waals surface area contributed by atoms with Gasteiger partial charge in [-0.3, -0.25) is 0 Å². The van der Waals surface area contributed by atoms with E-state index < -0.39 is 0 Å². The molecule has 1 aliphatic carbocycles. The molecule has 10 rings (SSSR count). The first-order valence-corrected chi connectivity index (χ1v) is 19.2. The number of nitriles is 1. The van der Waals surface area contributed by atoms with E-state index in [9.17, 15) is 5.26 Å². The highest BCUT2D eigenvalue weighted by Crippen LogP contribution is 2.59. The molecule has 9 aromatic carbocycles. The Bertz CT molecular complexity index is 3130. The standard InChI is InChI=1S/C53H36N4/c1-53(2)48-33-49(57(38-20-8-5-9-21-38)40-23-15-17-36(31-40)55-3)43-25-11-13-27-45(43)50(48)51-44-26-12-10-24-42(44)47-32-41(28-29-46(47)52(51)53)56(37-18-6-4-7-19-37)39-22-14-16-35(30-39)34-54/h4-33H,1-2H3. The lowest BCUT2D eigenvalue weighted by molar-refractivity contribution is 0.667. The Hall–Kier alpha value is -7.66. The molecule has 0 aliphatic heterocycles. The third kappa shape index (κ3) is 5.35. The van der Waals surface area contributed by atoms with Crippen molar-refractivity contribution in [2.75, 3.05) is 9.80 Å². The third-order valence-corrected chi connectivity index (χ3v) is 11.6. The maximum absolute atomic E-state index is 9.83. The van der Waals surface area contributed by atoms with Crippen LogP contribution in [0.4, 0.5) is 39.8 Å². The molecule has 0 spiro atoms. The fourth-order valence-corrected chi connectivity index (χ4v) is 9.11. The second-order valence-electron chi connectivity index (χ2n) is 15.2. The van der Waals surface area contributed by atoms with Crippen LogP contribution < -0.4 is 9.80 Å². The monoisotopic (exact) mass is 728 g/mol. The van der Waals surface area contributed by atoms with Crippen molar-refractivity contribution in [3.8, 4) is 17.2 Å². The number of rotatable bonds is 6. The summed E-state index contributed by atoms with van der Waals surface area (Å²) >= 11 is 0. The SMILES string of the molecule is [C-]#[N+]c1cccc(N(c2ccccc2)c2cc3c(c4ccccc24)-c2c(c4ccc(N(c5ccccc5)c5cccc(C#N)c5)cc4c4ccccc24)C3(C)C)c1. The molecule has 4 nitrogen and oxygen atoms in total. The van der Waals surface area contributed by atoms with Crippen molar-refractivity contribution in [2.45, 2.75) is 19.3 Å². The summed E-state index contributed by atoms with van der Waals surface area (Å²) < 4.78 is 0. The van der Waals surface area contributed by atoms with Crippen molar-refractivity contribution in [1.82, 2.24) is 0 Å². The Kier molecular flexibility index (Phi) is 7.89. The van der Waals surface area contributed by atoms with Gasteiger partial charge in [-0.25, -0.2) is 4.85 Å². The molecule has 4 heteroatoms. The fraction of sp³-hybridized carbons (Fsp3) is 0.0566. The molecule has 0 saturated carbocycles. The van der Waals surface area contributed by atoms with Crippen molar-refractivity contribution in [3.63, 3.8) is 0 Å². The first kappa shape index (κ1) is 33.9. The molecule has 0 radical (unpaired) electrons. The van der Waals surface area contributed by atoms with Crippen LogP contribution in [-0.2, 0) is 5.41 Å². The van der Waals surface area contributed by atoms with Crippen LogP contribution in [0.3, 0.4) is 0 Å². The lowest BCUT2D eigenvalue weighted by atomic mass is 9.79. The normalized spacial score (nSPS) is 12.5. The summed E-state index contributed by atoms with van der Waals surface area (Å²) in [6.45, 7) is 12.6. The Balaban J connectivity index is 1.25. The van der Waals surface area contributed by atoms with Gasteiger partial charge in [0, 0.05) is 39.2 Å². The maximum atomic E-state index is 9.83. The lowest BCUT2D eigenvalue weighted by Gasteiger charge is -2.30. The van der Waals surface area contributed by atoms with Gasteiger partial charge in [0.05, 0.1) is 23.9 Å². The zero-order valence-electron chi connectivity index (χ0n) is 31.6. The lowest BCUT2D eigenvalue weighted by Crippen LogP contribution is -2.17. The maximum Gasteiger partial charge on any atom is 0.189 e. The predicted octanol–water partition coefficient (Wildman–Crippen LogP) is 14.8. The number of hydrogen-bond acceptors (Lipinski definition) is 3. The van der Waals surface area contributed by atoms with Gasteiger partial charge in [0.15, 0.2) is 5.69 Å². The van der Waals surface area contributed by atoms with E-state index in [4.69, 9.17) is 6.57 Å². The predicted molar refractivity (Wildman–Crippen MR) is 237 cm³/mol. The van der Waals surface area contributed by atoms with Crippen molar-refractivity contribution < 1.29 is 0 Å². The summed E-state index contributed by atoms with van der Waals surface area (Å²) in [6.07, 6.45) is 0. The largest absolute Gasteiger partial charge is 0.311 e. The van der Waals surface area contributed by atoms with Crippen LogP contribution in [0.1, 0.15) is 30.5 Å². The highest BCUT2D eigenvalue weighted by molar-refractivity contribution is 6.23. The summed E-state index contributed by atoms with van der Waals surface area (Å²) in [5, 5.41) is 17.0. The first-order valence-electron chi connectivity index (χ1n) is 19.2. The van der Waals surface area contributed by atoms with Crippen molar-refractivity contribution in [3.05, 3.63) is 210 Å². The minimum absolute atomic E-state index is 0.367. The zero-order valence-corrected chi connectivity index (χ0v) is 31.6. The van der Waals surface area contributed by atoms with Gasteiger partial charge in [-0.2, -0.15) is 5.26 Å². The zero-order chi connectivity index (χ0) is 38.7. The van der Waals surface area contributed by atoms with E-state index in [1.807, 2.05) is 48.5 Å². The van der Waals surface area contributed by atoms with Crippen molar-refractivity contribution in [1.29, 1.82) is 5.26 Å². The molecule has 0 fully saturated rings. The van der Waals surface area contributed by atoms with Crippen LogP contribution in [-0.4, -0.2) is 0 Å². The molecular formula is C53H36N4. The number of nitrogens with zero attached hydrogens (tertiary/aromatic N) is 4. The van der Waals surface area contributed by atoms with E-state index in [1.165, 1.54) is 49.2 Å². The average Bonchev–Trinajstić information content (AvgIpc) is 3.51. The van der Waals surface area contributed by atoms with Crippen molar-refractivity contribution >= 4 is 72.1 Å². The molecule has 0 saturated heterocycles. The quantitative estimate of drug-likeness (QED) is 0.126. The molecule has 0 amide bonds. The molecule has 1 aliphatic rings. The van der Waals surface area contributed by atoms with E-state index in [2.05, 4.69) is 168 Å². The highest BCUT2D eigenvalue weighted by Gasteiger charge is 2.40. The summed E-state index contributed by atoms with van der Waals surface area (Å²) in [6, 6.07) is 65.8. The van der Waals surface area contributed by atoms with Gasteiger partial charge in [-0.15, -0.1) is 0 Å². The second kappa shape index (κ2) is 13.3. The van der Waals surface area contributed by atoms with Crippen LogP contribution in [0.2, 0.25) is 0 Å². The number of para-hydroxylation sites is 2. The molecule has 0 unspecified atom stereocenters. The Morgan fingerprint density at radius 3 is 1.72 bits per heavy atom. The topological polar surface area (TPSA) is 34.6 Å². The van der Waals surface area contributed by atoms with Gasteiger partial charge in [0.2, 0.25) is 0 Å². The molecule has 0 aromatic heterocycles. The first-order chi connectivity index (χ1) is 28.0.